The monoisotopic (exact) mass is 195 g/mol. The van der Waals surface area contributed by atoms with E-state index >= 15 is 0 Å². The Kier molecular flexibility index (Phi) is 3.48. The Morgan fingerprint density at radius 3 is 2.79 bits per heavy atom. The van der Waals surface area contributed by atoms with Gasteiger partial charge in [0.05, 0.1) is 18.9 Å². The van der Waals surface area contributed by atoms with Gasteiger partial charge in [0.2, 0.25) is 6.41 Å². The number of ether oxygens (including phenoxy) is 1. The minimum absolute atomic E-state index is 0.538. The first-order valence-electron chi connectivity index (χ1n) is 4.25. The van der Waals surface area contributed by atoms with Gasteiger partial charge in [-0.25, -0.2) is 0 Å². The van der Waals surface area contributed by atoms with Crippen molar-refractivity contribution >= 4 is 12.1 Å². The fourth-order valence-corrected chi connectivity index (χ4v) is 1.15. The highest BCUT2D eigenvalue weighted by atomic mass is 16.5. The quantitative estimate of drug-likeness (QED) is 0.712. The molecule has 1 rings (SSSR count). The summed E-state index contributed by atoms with van der Waals surface area (Å²) in [6.45, 7) is 1.67. The highest BCUT2D eigenvalue weighted by Gasteiger charge is 2.06. The van der Waals surface area contributed by atoms with E-state index < -0.39 is 6.10 Å². The van der Waals surface area contributed by atoms with E-state index in [0.717, 1.165) is 5.56 Å². The lowest BCUT2D eigenvalue weighted by Crippen LogP contribution is -1.99. The number of aliphatic hydroxyl groups is 1. The molecule has 1 aromatic carbocycles. The summed E-state index contributed by atoms with van der Waals surface area (Å²) in [5, 5.41) is 11.8. The van der Waals surface area contributed by atoms with Gasteiger partial charge < -0.3 is 15.2 Å². The molecule has 0 aromatic heterocycles. The Morgan fingerprint density at radius 1 is 1.57 bits per heavy atom. The molecule has 0 radical (unpaired) electrons. The molecule has 1 unspecified atom stereocenters. The average Bonchev–Trinajstić information content (AvgIpc) is 2.18. The third kappa shape index (κ3) is 2.23. The Labute approximate surface area is 82.5 Å². The number of anilines is 1. The number of carbonyl (C=O) groups is 1. The topological polar surface area (TPSA) is 58.6 Å². The van der Waals surface area contributed by atoms with Crippen LogP contribution in [0.4, 0.5) is 5.69 Å². The molecule has 0 aliphatic rings. The van der Waals surface area contributed by atoms with Crippen molar-refractivity contribution < 1.29 is 14.6 Å². The second kappa shape index (κ2) is 4.62. The maximum atomic E-state index is 10.2. The molecule has 1 atom stereocenters. The van der Waals surface area contributed by atoms with Crippen molar-refractivity contribution in [1.82, 2.24) is 0 Å². The van der Waals surface area contributed by atoms with E-state index in [9.17, 15) is 9.90 Å². The van der Waals surface area contributed by atoms with Crippen molar-refractivity contribution in [2.75, 3.05) is 12.4 Å². The van der Waals surface area contributed by atoms with Gasteiger partial charge in [-0.05, 0) is 24.6 Å². The van der Waals surface area contributed by atoms with Crippen LogP contribution >= 0.6 is 0 Å². The molecule has 76 valence electrons. The van der Waals surface area contributed by atoms with Crippen LogP contribution in [0, 0.1) is 0 Å². The molecule has 1 amide bonds. The Balaban J connectivity index is 3.04. The minimum Gasteiger partial charge on any atom is -0.495 e. The summed E-state index contributed by atoms with van der Waals surface area (Å²) in [6, 6.07) is 5.12. The van der Waals surface area contributed by atoms with E-state index in [1.165, 1.54) is 7.11 Å². The van der Waals surface area contributed by atoms with Crippen LogP contribution in [0.2, 0.25) is 0 Å². The van der Waals surface area contributed by atoms with Crippen molar-refractivity contribution in [3.8, 4) is 5.75 Å². The lowest BCUT2D eigenvalue weighted by molar-refractivity contribution is -0.105. The molecule has 4 nitrogen and oxygen atoms in total. The first kappa shape index (κ1) is 10.5. The van der Waals surface area contributed by atoms with Gasteiger partial charge in [-0.1, -0.05) is 6.07 Å². The van der Waals surface area contributed by atoms with Gasteiger partial charge in [-0.2, -0.15) is 0 Å². The van der Waals surface area contributed by atoms with Crippen molar-refractivity contribution in [1.29, 1.82) is 0 Å². The van der Waals surface area contributed by atoms with Crippen LogP contribution in [0.5, 0.6) is 5.75 Å². The Hall–Kier alpha value is -1.55. The Morgan fingerprint density at radius 2 is 2.29 bits per heavy atom. The summed E-state index contributed by atoms with van der Waals surface area (Å²) in [6.07, 6.45) is 0.0362. The molecule has 2 N–H and O–H groups in total. The summed E-state index contributed by atoms with van der Waals surface area (Å²) in [7, 11) is 1.51. The van der Waals surface area contributed by atoms with Crippen LogP contribution < -0.4 is 10.1 Å². The second-order valence-corrected chi connectivity index (χ2v) is 2.90. The van der Waals surface area contributed by atoms with Crippen LogP contribution in [0.1, 0.15) is 18.6 Å². The van der Waals surface area contributed by atoms with Gasteiger partial charge >= 0.3 is 0 Å². The van der Waals surface area contributed by atoms with Gasteiger partial charge in [0.15, 0.2) is 0 Å². The van der Waals surface area contributed by atoms with Gasteiger partial charge in [0.1, 0.15) is 5.75 Å². The van der Waals surface area contributed by atoms with E-state index in [2.05, 4.69) is 5.32 Å². The highest BCUT2D eigenvalue weighted by Crippen LogP contribution is 2.27. The largest absolute Gasteiger partial charge is 0.495 e. The summed E-state index contributed by atoms with van der Waals surface area (Å²) in [5.74, 6) is 0.538. The maximum Gasteiger partial charge on any atom is 0.211 e. The van der Waals surface area contributed by atoms with Crippen LogP contribution in [0.25, 0.3) is 0 Å². The summed E-state index contributed by atoms with van der Waals surface area (Å²) in [5.41, 5.74) is 1.34. The number of methoxy groups -OCH3 is 1. The molecule has 4 heteroatoms. The zero-order chi connectivity index (χ0) is 10.6. The molecule has 0 heterocycles. The molecule has 0 bridgehead atoms. The zero-order valence-electron chi connectivity index (χ0n) is 8.15. The number of hydrogen-bond donors (Lipinski definition) is 2. The number of benzene rings is 1. The van der Waals surface area contributed by atoms with E-state index in [1.807, 2.05) is 0 Å². The van der Waals surface area contributed by atoms with Gasteiger partial charge in [-0.15, -0.1) is 0 Å². The van der Waals surface area contributed by atoms with Crippen molar-refractivity contribution in [2.24, 2.45) is 0 Å². The van der Waals surface area contributed by atoms with Crippen LogP contribution in [0.3, 0.4) is 0 Å². The van der Waals surface area contributed by atoms with E-state index in [4.69, 9.17) is 4.74 Å². The first-order valence-corrected chi connectivity index (χ1v) is 4.25. The predicted molar refractivity (Wildman–Crippen MR) is 53.3 cm³/mol. The van der Waals surface area contributed by atoms with E-state index in [0.29, 0.717) is 17.8 Å². The van der Waals surface area contributed by atoms with Gasteiger partial charge in [0.25, 0.3) is 0 Å². The normalized spacial score (nSPS) is 11.9. The molecular weight excluding hydrogens is 182 g/mol. The van der Waals surface area contributed by atoms with Crippen LogP contribution in [0.15, 0.2) is 18.2 Å². The summed E-state index contributed by atoms with van der Waals surface area (Å²) < 4.78 is 5.06. The minimum atomic E-state index is -0.547. The molecule has 0 fully saturated rings. The van der Waals surface area contributed by atoms with E-state index in [-0.39, 0.29) is 0 Å². The lowest BCUT2D eigenvalue weighted by atomic mass is 10.1. The van der Waals surface area contributed by atoms with Gasteiger partial charge in [-0.3, -0.25) is 4.79 Å². The fourth-order valence-electron chi connectivity index (χ4n) is 1.15. The number of hydrogen-bond acceptors (Lipinski definition) is 3. The maximum absolute atomic E-state index is 10.2. The molecule has 0 saturated carbocycles. The number of amides is 1. The molecule has 1 aromatic rings. The molecule has 0 saturated heterocycles. The zero-order valence-corrected chi connectivity index (χ0v) is 8.15. The second-order valence-electron chi connectivity index (χ2n) is 2.90. The molecule has 0 spiro atoms. The van der Waals surface area contributed by atoms with Crippen molar-refractivity contribution in [3.63, 3.8) is 0 Å². The molecular formula is C10H13NO3. The Bertz CT molecular complexity index is 323. The summed E-state index contributed by atoms with van der Waals surface area (Å²) >= 11 is 0. The average molecular weight is 195 g/mol. The fraction of sp³-hybridized carbons (Fsp3) is 0.300. The third-order valence-electron chi connectivity index (χ3n) is 1.92. The van der Waals surface area contributed by atoms with Gasteiger partial charge in [0, 0.05) is 0 Å². The number of nitrogens with one attached hydrogen (secondary N) is 1. The molecule has 14 heavy (non-hydrogen) atoms. The van der Waals surface area contributed by atoms with Crippen molar-refractivity contribution in [2.45, 2.75) is 13.0 Å². The predicted octanol–water partition coefficient (Wildman–Crippen LogP) is 1.32. The highest BCUT2D eigenvalue weighted by molar-refractivity contribution is 5.75. The molecule has 0 aliphatic carbocycles. The first-order chi connectivity index (χ1) is 6.69. The standard InChI is InChI=1S/C10H13NO3/c1-7(13)8-3-4-9(11-6-12)10(5-8)14-2/h3-7,13H,1-2H3,(H,11,12). The lowest BCUT2D eigenvalue weighted by Gasteiger charge is -2.10. The van der Waals surface area contributed by atoms with Crippen LogP contribution in [-0.4, -0.2) is 18.6 Å². The van der Waals surface area contributed by atoms with Crippen molar-refractivity contribution in [3.05, 3.63) is 23.8 Å². The smallest absolute Gasteiger partial charge is 0.211 e. The molecule has 0 aliphatic heterocycles. The third-order valence-corrected chi connectivity index (χ3v) is 1.92. The summed E-state index contributed by atoms with van der Waals surface area (Å²) in [4.78, 5) is 10.2. The SMILES string of the molecule is COc1cc(C(C)O)ccc1NC=O. The van der Waals surface area contributed by atoms with E-state index in [1.54, 1.807) is 25.1 Å². The number of aliphatic hydroxyl groups excluding tert-OH is 1. The number of rotatable bonds is 4. The van der Waals surface area contributed by atoms with Crippen LogP contribution in [-0.2, 0) is 4.79 Å². The number of carbonyl (C=O) groups excluding carboxylic acids is 1.